The molecule has 1 aliphatic carbocycles. The Hall–Kier alpha value is -2.33. The zero-order chi connectivity index (χ0) is 18.8. The first kappa shape index (κ1) is 18.1. The minimum Gasteiger partial charge on any atom is -0.369 e. The largest absolute Gasteiger partial charge is 0.369 e. The zero-order valence-electron chi connectivity index (χ0n) is 16.4. The van der Waals surface area contributed by atoms with Gasteiger partial charge in [0.05, 0.1) is 0 Å². The zero-order valence-corrected chi connectivity index (χ0v) is 16.4. The van der Waals surface area contributed by atoms with Gasteiger partial charge in [0.1, 0.15) is 0 Å². The fraction of sp³-hybridized carbons (Fsp3) is 0.435. The fourth-order valence-corrected chi connectivity index (χ4v) is 4.33. The number of likely N-dealkylation sites (N-methyl/N-ethyl adjacent to an activating group) is 1. The number of piperazine rings is 1. The van der Waals surface area contributed by atoms with Crippen LogP contribution in [0.4, 0.5) is 5.69 Å². The molecule has 4 rings (SSSR count). The maximum Gasteiger partial charge on any atom is 0.251 e. The highest BCUT2D eigenvalue weighted by molar-refractivity contribution is 5.95. The van der Waals surface area contributed by atoms with E-state index < -0.39 is 0 Å². The van der Waals surface area contributed by atoms with Gasteiger partial charge in [-0.15, -0.1) is 0 Å². The Balaban J connectivity index is 1.51. The van der Waals surface area contributed by atoms with Gasteiger partial charge < -0.3 is 15.1 Å². The monoisotopic (exact) mass is 363 g/mol. The van der Waals surface area contributed by atoms with Crippen molar-refractivity contribution in [3.8, 4) is 0 Å². The van der Waals surface area contributed by atoms with E-state index >= 15 is 0 Å². The first-order chi connectivity index (χ1) is 13.1. The van der Waals surface area contributed by atoms with Crippen molar-refractivity contribution in [2.75, 3.05) is 38.1 Å². The molecule has 0 bridgehead atoms. The molecule has 0 saturated carbocycles. The normalized spacial score (nSPS) is 20.2. The summed E-state index contributed by atoms with van der Waals surface area (Å²) in [6.07, 6.45) is 2.97. The summed E-state index contributed by atoms with van der Waals surface area (Å²) in [5.41, 5.74) is 6.08. The molecule has 2 aromatic rings. The van der Waals surface area contributed by atoms with Gasteiger partial charge in [0.15, 0.2) is 0 Å². The molecule has 1 amide bonds. The van der Waals surface area contributed by atoms with Gasteiger partial charge in [-0.1, -0.05) is 30.3 Å². The lowest BCUT2D eigenvalue weighted by molar-refractivity contribution is 0.0933. The average molecular weight is 364 g/mol. The Kier molecular flexibility index (Phi) is 5.17. The van der Waals surface area contributed by atoms with E-state index in [0.29, 0.717) is 0 Å². The van der Waals surface area contributed by atoms with Gasteiger partial charge in [-0.05, 0) is 62.1 Å². The number of hydrogen-bond donors (Lipinski definition) is 1. The molecule has 1 heterocycles. The van der Waals surface area contributed by atoms with Gasteiger partial charge in [0.2, 0.25) is 0 Å². The second-order valence-corrected chi connectivity index (χ2v) is 7.93. The molecular formula is C23H29N3O. The molecule has 1 unspecified atom stereocenters. The van der Waals surface area contributed by atoms with E-state index in [0.717, 1.165) is 56.6 Å². The number of amides is 1. The molecule has 2 aliphatic rings. The van der Waals surface area contributed by atoms with E-state index in [1.54, 1.807) is 0 Å². The van der Waals surface area contributed by atoms with Crippen molar-refractivity contribution in [2.24, 2.45) is 0 Å². The van der Waals surface area contributed by atoms with Gasteiger partial charge in [0, 0.05) is 43.5 Å². The van der Waals surface area contributed by atoms with Crippen molar-refractivity contribution < 1.29 is 4.79 Å². The maximum absolute atomic E-state index is 12.7. The van der Waals surface area contributed by atoms with Crippen LogP contribution in [0.25, 0.3) is 0 Å². The molecule has 0 aromatic heterocycles. The maximum atomic E-state index is 12.7. The minimum absolute atomic E-state index is 0.0543. The third-order valence-corrected chi connectivity index (χ3v) is 6.03. The first-order valence-electron chi connectivity index (χ1n) is 10.0. The molecule has 1 N–H and O–H groups in total. The van der Waals surface area contributed by atoms with Crippen LogP contribution in [0.5, 0.6) is 0 Å². The van der Waals surface area contributed by atoms with Crippen molar-refractivity contribution in [3.05, 3.63) is 64.7 Å². The van der Waals surface area contributed by atoms with Crippen LogP contribution < -0.4 is 10.2 Å². The van der Waals surface area contributed by atoms with Crippen LogP contribution in [-0.2, 0) is 12.8 Å². The summed E-state index contributed by atoms with van der Waals surface area (Å²) < 4.78 is 0. The van der Waals surface area contributed by atoms with Crippen molar-refractivity contribution in [1.82, 2.24) is 10.2 Å². The first-order valence-corrected chi connectivity index (χ1v) is 10.0. The molecule has 0 radical (unpaired) electrons. The van der Waals surface area contributed by atoms with Gasteiger partial charge in [-0.2, -0.15) is 0 Å². The van der Waals surface area contributed by atoms with Gasteiger partial charge >= 0.3 is 0 Å². The van der Waals surface area contributed by atoms with Crippen molar-refractivity contribution in [1.29, 1.82) is 0 Å². The Bertz CT molecular complexity index is 824. The molecule has 0 spiro atoms. The lowest BCUT2D eigenvalue weighted by Crippen LogP contribution is -2.45. The third-order valence-electron chi connectivity index (χ3n) is 6.03. The van der Waals surface area contributed by atoms with Crippen LogP contribution in [0.15, 0.2) is 42.5 Å². The highest BCUT2D eigenvalue weighted by atomic mass is 16.1. The van der Waals surface area contributed by atoms with Crippen LogP contribution in [0.2, 0.25) is 0 Å². The topological polar surface area (TPSA) is 35.6 Å². The van der Waals surface area contributed by atoms with E-state index in [2.05, 4.69) is 40.4 Å². The molecule has 1 atom stereocenters. The highest BCUT2D eigenvalue weighted by Gasteiger charge is 2.25. The number of carbonyl (C=O) groups is 1. The van der Waals surface area contributed by atoms with Crippen molar-refractivity contribution >= 4 is 11.6 Å². The summed E-state index contributed by atoms with van der Waals surface area (Å²) in [5.74, 6) is 0.0543. The van der Waals surface area contributed by atoms with Crippen molar-refractivity contribution in [2.45, 2.75) is 32.2 Å². The van der Waals surface area contributed by atoms with Gasteiger partial charge in [0.25, 0.3) is 5.91 Å². The number of rotatable bonds is 3. The average Bonchev–Trinajstić information content (AvgIpc) is 2.68. The van der Waals surface area contributed by atoms with Crippen LogP contribution in [-0.4, -0.2) is 50.1 Å². The molecular weight excluding hydrogens is 334 g/mol. The van der Waals surface area contributed by atoms with Crippen LogP contribution in [0, 0.1) is 6.92 Å². The molecule has 1 fully saturated rings. The third kappa shape index (κ3) is 3.86. The SMILES string of the molecule is Cc1ccccc1C(=O)NC1CCc2cccc(N3CCN(C)CC3)c2C1. The molecule has 142 valence electrons. The predicted octanol–water partition coefficient (Wildman–Crippen LogP) is 3.03. The summed E-state index contributed by atoms with van der Waals surface area (Å²) >= 11 is 0. The van der Waals surface area contributed by atoms with Crippen LogP contribution in [0.1, 0.15) is 33.5 Å². The summed E-state index contributed by atoms with van der Waals surface area (Å²) in [4.78, 5) is 17.6. The Morgan fingerprint density at radius 3 is 2.59 bits per heavy atom. The van der Waals surface area contributed by atoms with E-state index in [1.165, 1.54) is 16.8 Å². The number of nitrogens with one attached hydrogen (secondary N) is 1. The minimum atomic E-state index is 0.0543. The Morgan fingerprint density at radius 1 is 1.04 bits per heavy atom. The second-order valence-electron chi connectivity index (χ2n) is 7.93. The molecule has 4 nitrogen and oxygen atoms in total. The summed E-state index contributed by atoms with van der Waals surface area (Å²) in [7, 11) is 2.19. The highest BCUT2D eigenvalue weighted by Crippen LogP contribution is 2.31. The number of benzene rings is 2. The van der Waals surface area contributed by atoms with Crippen LogP contribution >= 0.6 is 0 Å². The fourth-order valence-electron chi connectivity index (χ4n) is 4.33. The van der Waals surface area contributed by atoms with Gasteiger partial charge in [-0.25, -0.2) is 0 Å². The lowest BCUT2D eigenvalue weighted by Gasteiger charge is -2.37. The van der Waals surface area contributed by atoms with Gasteiger partial charge in [-0.3, -0.25) is 4.79 Å². The lowest BCUT2D eigenvalue weighted by atomic mass is 9.86. The molecule has 2 aromatic carbocycles. The second kappa shape index (κ2) is 7.73. The molecule has 1 aliphatic heterocycles. The molecule has 4 heteroatoms. The van der Waals surface area contributed by atoms with E-state index in [1.807, 2.05) is 31.2 Å². The predicted molar refractivity (Wildman–Crippen MR) is 111 cm³/mol. The number of carbonyl (C=O) groups excluding carboxylic acids is 1. The van der Waals surface area contributed by atoms with E-state index in [-0.39, 0.29) is 11.9 Å². The Labute approximate surface area is 162 Å². The number of hydrogen-bond acceptors (Lipinski definition) is 3. The van der Waals surface area contributed by atoms with E-state index in [9.17, 15) is 4.79 Å². The standard InChI is InChI=1S/C23H29N3O/c1-17-6-3-4-8-20(17)23(27)24-19-11-10-18-7-5-9-22(21(18)16-19)26-14-12-25(2)13-15-26/h3-9,19H,10-16H2,1-2H3,(H,24,27). The quantitative estimate of drug-likeness (QED) is 0.910. The number of aryl methyl sites for hydroxylation is 2. The van der Waals surface area contributed by atoms with Crippen LogP contribution in [0.3, 0.4) is 0 Å². The summed E-state index contributed by atoms with van der Waals surface area (Å²) in [5, 5.41) is 3.29. The number of nitrogens with zero attached hydrogens (tertiary/aromatic N) is 2. The summed E-state index contributed by atoms with van der Waals surface area (Å²) in [6, 6.07) is 14.7. The molecule has 1 saturated heterocycles. The van der Waals surface area contributed by atoms with Crippen molar-refractivity contribution in [3.63, 3.8) is 0 Å². The summed E-state index contributed by atoms with van der Waals surface area (Å²) in [6.45, 7) is 6.37. The molecule has 27 heavy (non-hydrogen) atoms. The number of anilines is 1. The van der Waals surface area contributed by atoms with E-state index in [4.69, 9.17) is 0 Å². The number of fused-ring (bicyclic) bond motifs is 1. The Morgan fingerprint density at radius 2 is 1.81 bits per heavy atom. The smallest absolute Gasteiger partial charge is 0.251 e.